The Hall–Kier alpha value is -0.320. The molecular formula is C15H29ClN2O2. The van der Waals surface area contributed by atoms with Gasteiger partial charge in [0.15, 0.2) is 0 Å². The van der Waals surface area contributed by atoms with E-state index in [1.54, 1.807) is 0 Å². The number of piperidine rings is 1. The summed E-state index contributed by atoms with van der Waals surface area (Å²) in [7, 11) is 0. The number of nitrogens with one attached hydrogen (secondary N) is 1. The zero-order valence-electron chi connectivity index (χ0n) is 12.6. The number of hydrogen-bond donors (Lipinski definition) is 1. The third-order valence-electron chi connectivity index (χ3n) is 4.41. The zero-order valence-corrected chi connectivity index (χ0v) is 13.4. The first kappa shape index (κ1) is 17.7. The van der Waals surface area contributed by atoms with Gasteiger partial charge < -0.3 is 15.0 Å². The molecule has 1 unspecified atom stereocenters. The van der Waals surface area contributed by atoms with Crippen LogP contribution in [-0.2, 0) is 9.53 Å². The molecule has 0 aromatic rings. The van der Waals surface area contributed by atoms with Gasteiger partial charge in [0.1, 0.15) is 0 Å². The average molecular weight is 305 g/mol. The number of likely N-dealkylation sites (N-methyl/N-ethyl adjacent to an activating group) is 1. The van der Waals surface area contributed by atoms with Crippen LogP contribution in [0.4, 0.5) is 0 Å². The summed E-state index contributed by atoms with van der Waals surface area (Å²) in [6, 6.07) is 0. The van der Waals surface area contributed by atoms with Crippen molar-refractivity contribution in [2.75, 3.05) is 32.8 Å². The van der Waals surface area contributed by atoms with Gasteiger partial charge in [-0.15, -0.1) is 12.4 Å². The molecule has 1 amide bonds. The first-order valence-corrected chi connectivity index (χ1v) is 7.89. The molecule has 0 aliphatic carbocycles. The predicted molar refractivity (Wildman–Crippen MR) is 83.3 cm³/mol. The lowest BCUT2D eigenvalue weighted by atomic mass is 9.93. The van der Waals surface area contributed by atoms with Gasteiger partial charge in [-0.1, -0.05) is 0 Å². The molecule has 2 aliphatic heterocycles. The number of rotatable bonds is 6. The molecule has 4 nitrogen and oxygen atoms in total. The van der Waals surface area contributed by atoms with Gasteiger partial charge in [0, 0.05) is 26.1 Å². The molecule has 0 aromatic carbocycles. The standard InChI is InChI=1S/C15H28N2O2.ClH/c1-2-17(12-14-4-3-11-19-14)15(18)6-5-13-7-9-16-10-8-13;/h13-14,16H,2-12H2,1H3;1H. The van der Waals surface area contributed by atoms with Crippen LogP contribution in [0.2, 0.25) is 0 Å². The summed E-state index contributed by atoms with van der Waals surface area (Å²) in [6.07, 6.45) is 6.76. The largest absolute Gasteiger partial charge is 0.376 e. The molecule has 2 aliphatic rings. The lowest BCUT2D eigenvalue weighted by molar-refractivity contribution is -0.132. The van der Waals surface area contributed by atoms with Crippen LogP contribution in [0.5, 0.6) is 0 Å². The second-order valence-electron chi connectivity index (χ2n) is 5.80. The van der Waals surface area contributed by atoms with Crippen molar-refractivity contribution in [1.82, 2.24) is 10.2 Å². The summed E-state index contributed by atoms with van der Waals surface area (Å²) < 4.78 is 5.63. The quantitative estimate of drug-likeness (QED) is 0.818. The van der Waals surface area contributed by atoms with E-state index in [9.17, 15) is 4.79 Å². The maximum Gasteiger partial charge on any atom is 0.222 e. The topological polar surface area (TPSA) is 41.6 Å². The highest BCUT2D eigenvalue weighted by Crippen LogP contribution is 2.19. The molecule has 1 N–H and O–H groups in total. The van der Waals surface area contributed by atoms with Gasteiger partial charge in [-0.2, -0.15) is 0 Å². The Bertz CT molecular complexity index is 277. The van der Waals surface area contributed by atoms with E-state index in [2.05, 4.69) is 12.2 Å². The number of halogens is 1. The van der Waals surface area contributed by atoms with Crippen molar-refractivity contribution in [2.24, 2.45) is 5.92 Å². The Morgan fingerprint density at radius 2 is 2.05 bits per heavy atom. The molecule has 2 heterocycles. The molecule has 5 heteroatoms. The van der Waals surface area contributed by atoms with Gasteiger partial charge >= 0.3 is 0 Å². The number of ether oxygens (including phenoxy) is 1. The van der Waals surface area contributed by atoms with E-state index in [1.165, 1.54) is 12.8 Å². The summed E-state index contributed by atoms with van der Waals surface area (Å²) in [4.78, 5) is 14.2. The van der Waals surface area contributed by atoms with Gasteiger partial charge in [-0.3, -0.25) is 4.79 Å². The van der Waals surface area contributed by atoms with Crippen LogP contribution in [0.15, 0.2) is 0 Å². The van der Waals surface area contributed by atoms with Crippen LogP contribution in [0.1, 0.15) is 45.4 Å². The highest BCUT2D eigenvalue weighted by Gasteiger charge is 2.22. The fourth-order valence-corrected chi connectivity index (χ4v) is 3.10. The molecule has 2 saturated heterocycles. The lowest BCUT2D eigenvalue weighted by Gasteiger charge is -2.26. The first-order chi connectivity index (χ1) is 9.29. The minimum atomic E-state index is 0. The molecular weight excluding hydrogens is 276 g/mol. The van der Waals surface area contributed by atoms with Crippen molar-refractivity contribution in [3.63, 3.8) is 0 Å². The van der Waals surface area contributed by atoms with Crippen LogP contribution < -0.4 is 5.32 Å². The molecule has 0 spiro atoms. The monoisotopic (exact) mass is 304 g/mol. The third-order valence-corrected chi connectivity index (χ3v) is 4.41. The maximum atomic E-state index is 12.3. The second kappa shape index (κ2) is 9.59. The Labute approximate surface area is 129 Å². The van der Waals surface area contributed by atoms with Crippen LogP contribution in [-0.4, -0.2) is 49.7 Å². The van der Waals surface area contributed by atoms with Gasteiger partial charge in [0.25, 0.3) is 0 Å². The molecule has 2 fully saturated rings. The molecule has 0 aromatic heterocycles. The molecule has 118 valence electrons. The molecule has 20 heavy (non-hydrogen) atoms. The number of carbonyl (C=O) groups is 1. The van der Waals surface area contributed by atoms with E-state index in [0.717, 1.165) is 58.0 Å². The Kier molecular flexibility index (Phi) is 8.50. The number of hydrogen-bond acceptors (Lipinski definition) is 3. The SMILES string of the molecule is CCN(CC1CCCO1)C(=O)CCC1CCNCC1.Cl. The molecule has 0 radical (unpaired) electrons. The van der Waals surface area contributed by atoms with Gasteiger partial charge in [-0.05, 0) is 58.0 Å². The maximum absolute atomic E-state index is 12.3. The summed E-state index contributed by atoms with van der Waals surface area (Å²) in [5.74, 6) is 1.06. The summed E-state index contributed by atoms with van der Waals surface area (Å²) in [5.41, 5.74) is 0. The Balaban J connectivity index is 0.00000200. The predicted octanol–water partition coefficient (Wildman–Crippen LogP) is 2.22. The van der Waals surface area contributed by atoms with Crippen molar-refractivity contribution >= 4 is 18.3 Å². The van der Waals surface area contributed by atoms with E-state index in [-0.39, 0.29) is 18.5 Å². The summed E-state index contributed by atoms with van der Waals surface area (Å²) >= 11 is 0. The summed E-state index contributed by atoms with van der Waals surface area (Å²) in [5, 5.41) is 3.37. The van der Waals surface area contributed by atoms with Crippen molar-refractivity contribution in [1.29, 1.82) is 0 Å². The van der Waals surface area contributed by atoms with E-state index in [4.69, 9.17) is 4.74 Å². The van der Waals surface area contributed by atoms with Crippen LogP contribution >= 0.6 is 12.4 Å². The number of carbonyl (C=O) groups excluding carboxylic acids is 1. The fourth-order valence-electron chi connectivity index (χ4n) is 3.10. The van der Waals surface area contributed by atoms with Gasteiger partial charge in [-0.25, -0.2) is 0 Å². The van der Waals surface area contributed by atoms with Crippen LogP contribution in [0, 0.1) is 5.92 Å². The smallest absolute Gasteiger partial charge is 0.222 e. The number of amides is 1. The van der Waals surface area contributed by atoms with E-state index >= 15 is 0 Å². The highest BCUT2D eigenvalue weighted by molar-refractivity contribution is 5.85. The number of nitrogens with zero attached hydrogens (tertiary/aromatic N) is 1. The highest BCUT2D eigenvalue weighted by atomic mass is 35.5. The third kappa shape index (κ3) is 5.58. The van der Waals surface area contributed by atoms with Crippen molar-refractivity contribution in [2.45, 2.75) is 51.6 Å². The average Bonchev–Trinajstić information content (AvgIpc) is 2.96. The molecule has 0 bridgehead atoms. The van der Waals surface area contributed by atoms with Crippen LogP contribution in [0.3, 0.4) is 0 Å². The minimum absolute atomic E-state index is 0. The molecule has 0 saturated carbocycles. The van der Waals surface area contributed by atoms with Gasteiger partial charge in [0.05, 0.1) is 6.10 Å². The first-order valence-electron chi connectivity index (χ1n) is 7.89. The fraction of sp³-hybridized carbons (Fsp3) is 0.933. The minimum Gasteiger partial charge on any atom is -0.376 e. The van der Waals surface area contributed by atoms with Crippen molar-refractivity contribution < 1.29 is 9.53 Å². The van der Waals surface area contributed by atoms with Gasteiger partial charge in [0.2, 0.25) is 5.91 Å². The molecule has 1 atom stereocenters. The Morgan fingerprint density at radius 1 is 1.30 bits per heavy atom. The van der Waals surface area contributed by atoms with E-state index in [0.29, 0.717) is 12.3 Å². The second-order valence-corrected chi connectivity index (χ2v) is 5.80. The zero-order chi connectivity index (χ0) is 13.5. The normalized spacial score (nSPS) is 23.4. The lowest BCUT2D eigenvalue weighted by Crippen LogP contribution is -2.37. The van der Waals surface area contributed by atoms with Crippen molar-refractivity contribution in [3.05, 3.63) is 0 Å². The van der Waals surface area contributed by atoms with Crippen LogP contribution in [0.25, 0.3) is 0 Å². The Morgan fingerprint density at radius 3 is 2.65 bits per heavy atom. The molecule has 2 rings (SSSR count). The van der Waals surface area contributed by atoms with E-state index in [1.807, 2.05) is 4.90 Å². The van der Waals surface area contributed by atoms with Crippen molar-refractivity contribution in [3.8, 4) is 0 Å². The summed E-state index contributed by atoms with van der Waals surface area (Å²) in [6.45, 7) is 6.77. The van der Waals surface area contributed by atoms with E-state index < -0.39 is 0 Å².